The summed E-state index contributed by atoms with van der Waals surface area (Å²) in [5.74, 6) is -0.777. The molecule has 1 amide bonds. The minimum Gasteiger partial charge on any atom is -0.459 e. The molecule has 0 aromatic heterocycles. The molecule has 1 aromatic rings. The predicted octanol–water partition coefficient (Wildman–Crippen LogP) is 4.93. The van der Waals surface area contributed by atoms with Gasteiger partial charge in [0.1, 0.15) is 18.4 Å². The highest BCUT2D eigenvalue weighted by molar-refractivity contribution is 5.84. The molecule has 44 heavy (non-hydrogen) atoms. The van der Waals surface area contributed by atoms with Gasteiger partial charge in [-0.1, -0.05) is 69.0 Å². The van der Waals surface area contributed by atoms with Crippen LogP contribution in [0.25, 0.3) is 0 Å². The van der Waals surface area contributed by atoms with Crippen LogP contribution in [0.4, 0.5) is 0 Å². The molecule has 0 spiro atoms. The van der Waals surface area contributed by atoms with E-state index in [4.69, 9.17) is 15.2 Å². The summed E-state index contributed by atoms with van der Waals surface area (Å²) < 4.78 is 5.29. The summed E-state index contributed by atoms with van der Waals surface area (Å²) in [6.45, 7) is 3.63. The van der Waals surface area contributed by atoms with Gasteiger partial charge in [-0.15, -0.1) is 0 Å². The number of aliphatic hydroxyl groups excluding tert-OH is 2. The fourth-order valence-electron chi connectivity index (χ4n) is 5.63. The molecule has 11 heteroatoms. The summed E-state index contributed by atoms with van der Waals surface area (Å²) in [5, 5.41) is 40.5. The average molecular weight is 621 g/mol. The predicted molar refractivity (Wildman–Crippen MR) is 163 cm³/mol. The molecule has 0 radical (unpaired) electrons. The van der Waals surface area contributed by atoms with Gasteiger partial charge < -0.3 is 20.3 Å². The summed E-state index contributed by atoms with van der Waals surface area (Å²) in [6.07, 6.45) is 12.4. The second kappa shape index (κ2) is 21.1. The maximum Gasteiger partial charge on any atom is 0.328 e. The number of amides is 1. The summed E-state index contributed by atoms with van der Waals surface area (Å²) in [6, 6.07) is 6.06. The van der Waals surface area contributed by atoms with Crippen LogP contribution in [-0.4, -0.2) is 61.9 Å². The number of esters is 1. The number of nitrogens with one attached hydrogen (secondary N) is 1. The number of unbranched alkanes of at least 4 members (excludes halogenated alkanes) is 5. The quantitative estimate of drug-likeness (QED) is 0.0519. The van der Waals surface area contributed by atoms with Gasteiger partial charge in [0.15, 0.2) is 0 Å². The summed E-state index contributed by atoms with van der Waals surface area (Å²) >= 11 is 0. The number of ketones is 1. The highest BCUT2D eigenvalue weighted by Crippen LogP contribution is 2.38. The van der Waals surface area contributed by atoms with E-state index < -0.39 is 24.2 Å². The van der Waals surface area contributed by atoms with Crippen molar-refractivity contribution in [3.8, 4) is 0 Å². The lowest BCUT2D eigenvalue weighted by atomic mass is 9.86. The number of carbonyl (C=O) groups excluding carboxylic acids is 3. The van der Waals surface area contributed by atoms with Crippen LogP contribution in [0, 0.1) is 11.8 Å². The third-order valence-corrected chi connectivity index (χ3v) is 8.14. The van der Waals surface area contributed by atoms with Crippen LogP contribution in [0.1, 0.15) is 108 Å². The molecule has 0 saturated heterocycles. The van der Waals surface area contributed by atoms with Crippen molar-refractivity contribution in [2.24, 2.45) is 11.8 Å². The van der Waals surface area contributed by atoms with Crippen molar-refractivity contribution < 1.29 is 44.6 Å². The zero-order valence-electron chi connectivity index (χ0n) is 26.2. The van der Waals surface area contributed by atoms with Gasteiger partial charge in [-0.2, -0.15) is 0 Å². The van der Waals surface area contributed by atoms with Crippen molar-refractivity contribution in [1.29, 1.82) is 0 Å². The molecule has 5 N–H and O–H groups in total. The van der Waals surface area contributed by atoms with Crippen molar-refractivity contribution in [3.63, 3.8) is 0 Å². The Morgan fingerprint density at radius 1 is 0.955 bits per heavy atom. The molecule has 1 aromatic carbocycles. The topological polar surface area (TPSA) is 166 Å². The van der Waals surface area contributed by atoms with E-state index in [9.17, 15) is 24.6 Å². The molecule has 1 aliphatic carbocycles. The molecule has 11 nitrogen and oxygen atoms in total. The average Bonchev–Trinajstić information content (AvgIpc) is 3.26. The first kappa shape index (κ1) is 37.5. The first-order chi connectivity index (χ1) is 21.1. The van der Waals surface area contributed by atoms with E-state index >= 15 is 0 Å². The van der Waals surface area contributed by atoms with Crippen molar-refractivity contribution in [2.45, 2.75) is 129 Å². The van der Waals surface area contributed by atoms with E-state index in [-0.39, 0.29) is 48.6 Å². The smallest absolute Gasteiger partial charge is 0.328 e. The van der Waals surface area contributed by atoms with Gasteiger partial charge in [0.2, 0.25) is 5.91 Å². The minimum atomic E-state index is -0.818. The Morgan fingerprint density at radius 3 is 2.39 bits per heavy atom. The Kier molecular flexibility index (Phi) is 18.0. The molecule has 2 rings (SSSR count). The monoisotopic (exact) mass is 620 g/mol. The zero-order chi connectivity index (χ0) is 32.3. The van der Waals surface area contributed by atoms with E-state index in [1.165, 1.54) is 19.3 Å². The second-order valence-corrected chi connectivity index (χ2v) is 11.8. The van der Waals surface area contributed by atoms with Crippen molar-refractivity contribution in [3.05, 3.63) is 47.5 Å². The van der Waals surface area contributed by atoms with Crippen molar-refractivity contribution in [2.75, 3.05) is 0 Å². The van der Waals surface area contributed by atoms with Gasteiger partial charge in [-0.3, -0.25) is 20.0 Å². The maximum absolute atomic E-state index is 12.3. The van der Waals surface area contributed by atoms with Gasteiger partial charge in [0.05, 0.1) is 24.2 Å². The van der Waals surface area contributed by atoms with E-state index in [1.807, 2.05) is 12.2 Å². The van der Waals surface area contributed by atoms with Gasteiger partial charge in [0, 0.05) is 19.3 Å². The molecule has 0 aliphatic heterocycles. The number of hydrogen-bond acceptors (Lipinski definition) is 10. The van der Waals surface area contributed by atoms with Crippen molar-refractivity contribution >= 4 is 17.7 Å². The fourth-order valence-corrected chi connectivity index (χ4v) is 5.63. The molecular formula is C33H52N2O9. The van der Waals surface area contributed by atoms with E-state index in [1.54, 1.807) is 31.2 Å². The highest BCUT2D eigenvalue weighted by Gasteiger charge is 2.40. The normalized spacial score (nSPS) is 20.7. The molecule has 1 aliphatic rings. The molecule has 0 bridgehead atoms. The zero-order valence-corrected chi connectivity index (χ0v) is 26.2. The standard InChI is InChI=1S/C33H52N2O9/c1-3-4-5-6-9-15-27(36)18-19-29-28(30(37)21-31(29)38)16-10-7-8-11-17-32(39)34-24(2)33(40)43-22-25-13-12-14-26(20-25)23-44-35(41)42/h7,10,12-14,20,24,28-31,37-38,41-42H,3-6,8-9,11,15-19,21-23H2,1-2H3,(H,34,39)/b10-7-/t24?,28-,29-,30+,31-/m1/s1. The third kappa shape index (κ3) is 14.9. The summed E-state index contributed by atoms with van der Waals surface area (Å²) in [7, 11) is 0. The first-order valence-corrected chi connectivity index (χ1v) is 16.0. The Morgan fingerprint density at radius 2 is 1.66 bits per heavy atom. The summed E-state index contributed by atoms with van der Waals surface area (Å²) in [4.78, 5) is 41.5. The van der Waals surface area contributed by atoms with Crippen LogP contribution in [0.2, 0.25) is 0 Å². The minimum absolute atomic E-state index is 0.0113. The number of rotatable bonds is 22. The number of allylic oxidation sites excluding steroid dienone is 2. The molecule has 248 valence electrons. The number of nitrogens with zero attached hydrogens (tertiary/aromatic N) is 1. The van der Waals surface area contributed by atoms with Crippen LogP contribution in [0.15, 0.2) is 36.4 Å². The lowest BCUT2D eigenvalue weighted by Gasteiger charge is -2.22. The first-order valence-electron chi connectivity index (χ1n) is 16.0. The van der Waals surface area contributed by atoms with Crippen LogP contribution >= 0.6 is 0 Å². The summed E-state index contributed by atoms with van der Waals surface area (Å²) in [5.41, 5.74) is 1.33. The second-order valence-electron chi connectivity index (χ2n) is 11.8. The molecule has 1 fully saturated rings. The van der Waals surface area contributed by atoms with Crippen LogP contribution < -0.4 is 5.32 Å². The number of ether oxygens (including phenoxy) is 1. The SMILES string of the molecule is CCCCCCCC(=O)CC[C@@H]1[C@@H](C/C=C\CCCC(=O)NC(C)C(=O)OCc2cccc(CON(O)O)c2)[C@@H](O)C[C@H]1O. The lowest BCUT2D eigenvalue weighted by molar-refractivity contribution is -0.497. The number of hydrogen-bond donors (Lipinski definition) is 5. The number of Topliss-reactive ketones (excluding diaryl/α,β-unsaturated/α-hetero) is 1. The third-order valence-electron chi connectivity index (χ3n) is 8.14. The number of benzene rings is 1. The Hall–Kier alpha value is -2.67. The largest absolute Gasteiger partial charge is 0.459 e. The van der Waals surface area contributed by atoms with E-state index in [2.05, 4.69) is 17.1 Å². The number of carbonyl (C=O) groups is 3. The number of aliphatic hydroxyl groups is 2. The van der Waals surface area contributed by atoms with Gasteiger partial charge in [-0.05, 0) is 68.4 Å². The maximum atomic E-state index is 12.3. The van der Waals surface area contributed by atoms with E-state index in [0.717, 1.165) is 12.8 Å². The molecule has 0 heterocycles. The highest BCUT2D eigenvalue weighted by atomic mass is 17.1. The van der Waals surface area contributed by atoms with Crippen molar-refractivity contribution in [1.82, 2.24) is 10.7 Å². The van der Waals surface area contributed by atoms with E-state index in [0.29, 0.717) is 56.1 Å². The lowest BCUT2D eigenvalue weighted by Crippen LogP contribution is -2.39. The Balaban J connectivity index is 1.64. The Bertz CT molecular complexity index is 1030. The molecule has 1 unspecified atom stereocenters. The molecular weight excluding hydrogens is 568 g/mol. The van der Waals surface area contributed by atoms with Crippen LogP contribution in [0.3, 0.4) is 0 Å². The Labute approximate surface area is 261 Å². The van der Waals surface area contributed by atoms with Gasteiger partial charge in [0.25, 0.3) is 0 Å². The van der Waals surface area contributed by atoms with Gasteiger partial charge in [-0.25, -0.2) is 9.63 Å². The van der Waals surface area contributed by atoms with Crippen LogP contribution in [-0.2, 0) is 37.2 Å². The molecule has 5 atom stereocenters. The molecule has 1 saturated carbocycles. The fraction of sp³-hybridized carbons (Fsp3) is 0.667. The van der Waals surface area contributed by atoms with Gasteiger partial charge >= 0.3 is 5.97 Å². The van der Waals surface area contributed by atoms with Crippen LogP contribution in [0.5, 0.6) is 0 Å².